The van der Waals surface area contributed by atoms with Gasteiger partial charge in [0.2, 0.25) is 5.91 Å². The van der Waals surface area contributed by atoms with Crippen molar-refractivity contribution in [2.75, 3.05) is 17.7 Å². The Labute approximate surface area is 223 Å². The zero-order chi connectivity index (χ0) is 25.2. The minimum atomic E-state index is -0.397. The Morgan fingerprint density at radius 2 is 2.19 bits per heavy atom. The van der Waals surface area contributed by atoms with Crippen LogP contribution in [0.25, 0.3) is 20.7 Å². The second-order valence-electron chi connectivity index (χ2n) is 8.02. The molecule has 11 heteroatoms. The maximum absolute atomic E-state index is 13.4. The zero-order valence-corrected chi connectivity index (χ0v) is 22.8. The molecule has 0 atom stereocenters. The van der Waals surface area contributed by atoms with E-state index in [1.54, 1.807) is 28.9 Å². The topological polar surface area (TPSA) is 90.3 Å². The predicted molar refractivity (Wildman–Crippen MR) is 149 cm³/mol. The number of nitrogens with zero attached hydrogens (tertiary/aromatic N) is 2. The van der Waals surface area contributed by atoms with Crippen molar-refractivity contribution in [3.8, 4) is 10.4 Å². The summed E-state index contributed by atoms with van der Waals surface area (Å²) in [6.45, 7) is 6.11. The van der Waals surface area contributed by atoms with E-state index in [0.29, 0.717) is 25.9 Å². The van der Waals surface area contributed by atoms with Crippen molar-refractivity contribution in [1.29, 1.82) is 0 Å². The van der Waals surface area contributed by atoms with Gasteiger partial charge in [0.05, 0.1) is 23.3 Å². The van der Waals surface area contributed by atoms with Gasteiger partial charge in [-0.25, -0.2) is 9.78 Å². The van der Waals surface area contributed by atoms with Crippen LogP contribution in [0.5, 0.6) is 0 Å². The van der Waals surface area contributed by atoms with Gasteiger partial charge in [-0.2, -0.15) is 0 Å². The molecule has 0 saturated carbocycles. The third-order valence-corrected chi connectivity index (χ3v) is 9.70. The first-order valence-corrected chi connectivity index (χ1v) is 15.0. The van der Waals surface area contributed by atoms with E-state index >= 15 is 0 Å². The van der Waals surface area contributed by atoms with E-state index in [2.05, 4.69) is 11.9 Å². The molecule has 1 aliphatic rings. The molecular weight excluding hydrogens is 535 g/mol. The van der Waals surface area contributed by atoms with Crippen LogP contribution in [0.4, 0.5) is 5.00 Å². The number of fused-ring (bicyclic) bond motifs is 2. The molecule has 0 unspecified atom stereocenters. The number of esters is 1. The number of rotatable bonds is 9. The van der Waals surface area contributed by atoms with E-state index in [-0.39, 0.29) is 30.4 Å². The molecule has 4 aromatic rings. The van der Waals surface area contributed by atoms with Crippen molar-refractivity contribution >= 4 is 72.9 Å². The lowest BCUT2D eigenvalue weighted by atomic mass is 10.1. The van der Waals surface area contributed by atoms with Gasteiger partial charge < -0.3 is 10.1 Å². The van der Waals surface area contributed by atoms with Crippen LogP contribution in [0, 0.1) is 0 Å². The lowest BCUT2D eigenvalue weighted by molar-refractivity contribution is -0.113. The zero-order valence-electron chi connectivity index (χ0n) is 19.5. The highest BCUT2D eigenvalue weighted by Gasteiger charge is 2.28. The van der Waals surface area contributed by atoms with Crippen molar-refractivity contribution in [3.63, 3.8) is 0 Å². The Hall–Kier alpha value is -2.73. The average molecular weight is 558 g/mol. The molecule has 1 N–H and O–H groups in total. The number of ether oxygens (including phenoxy) is 1. The van der Waals surface area contributed by atoms with Crippen LogP contribution in [0.1, 0.15) is 34.1 Å². The maximum Gasteiger partial charge on any atom is 0.341 e. The molecule has 4 heterocycles. The number of thiophene rings is 3. The van der Waals surface area contributed by atoms with Crippen LogP contribution in [-0.2, 0) is 28.9 Å². The normalized spacial score (nSPS) is 12.6. The summed E-state index contributed by atoms with van der Waals surface area (Å²) in [5, 5.41) is 8.42. The second kappa shape index (κ2) is 10.7. The molecule has 0 saturated heterocycles. The Kier molecular flexibility index (Phi) is 7.42. The summed E-state index contributed by atoms with van der Waals surface area (Å²) in [5.41, 5.74) is 2.21. The van der Waals surface area contributed by atoms with Crippen molar-refractivity contribution in [1.82, 2.24) is 9.55 Å². The van der Waals surface area contributed by atoms with Gasteiger partial charge in [0.1, 0.15) is 9.83 Å². The van der Waals surface area contributed by atoms with Gasteiger partial charge in [-0.15, -0.1) is 40.6 Å². The van der Waals surface area contributed by atoms with Gasteiger partial charge in [-0.3, -0.25) is 14.2 Å². The van der Waals surface area contributed by atoms with Gasteiger partial charge in [0.25, 0.3) is 5.56 Å². The number of nitrogens with one attached hydrogen (secondary N) is 1. The van der Waals surface area contributed by atoms with Crippen molar-refractivity contribution in [2.45, 2.75) is 37.9 Å². The standard InChI is InChI=1S/C25H23N3O4S4/c1-3-10-28-23(30)19-15(16-9-6-11-33-16)12-34-21(19)27-25(28)35-13-18(29)26-22-20(24(31)32-4-2)14-7-5-8-17(14)36-22/h3,6,9,11-12H,1,4-5,7-8,10,13H2,2H3,(H,26,29). The largest absolute Gasteiger partial charge is 0.462 e. The Morgan fingerprint density at radius 1 is 1.33 bits per heavy atom. The summed E-state index contributed by atoms with van der Waals surface area (Å²) in [6, 6.07) is 3.94. The monoisotopic (exact) mass is 557 g/mol. The van der Waals surface area contributed by atoms with Gasteiger partial charge in [-0.05, 0) is 43.2 Å². The molecular formula is C25H23N3O4S4. The molecule has 4 aromatic heterocycles. The van der Waals surface area contributed by atoms with Crippen molar-refractivity contribution in [2.24, 2.45) is 0 Å². The average Bonchev–Trinajstić information content (AvgIpc) is 3.64. The molecule has 1 aliphatic carbocycles. The molecule has 36 heavy (non-hydrogen) atoms. The molecule has 0 fully saturated rings. The molecule has 1 amide bonds. The molecule has 0 spiro atoms. The number of anilines is 1. The van der Waals surface area contributed by atoms with Crippen LogP contribution in [0.2, 0.25) is 0 Å². The molecule has 0 aliphatic heterocycles. The molecule has 0 radical (unpaired) electrons. The number of amides is 1. The fraction of sp³-hybridized carbons (Fsp3) is 0.280. The number of carbonyl (C=O) groups is 2. The number of aryl methyl sites for hydroxylation is 1. The highest BCUT2D eigenvalue weighted by molar-refractivity contribution is 7.99. The number of aromatic nitrogens is 2. The lowest BCUT2D eigenvalue weighted by Gasteiger charge is -2.11. The Morgan fingerprint density at radius 3 is 2.94 bits per heavy atom. The van der Waals surface area contributed by atoms with E-state index in [1.807, 2.05) is 22.9 Å². The summed E-state index contributed by atoms with van der Waals surface area (Å²) in [4.78, 5) is 46.5. The highest BCUT2D eigenvalue weighted by Crippen LogP contribution is 2.40. The lowest BCUT2D eigenvalue weighted by Crippen LogP contribution is -2.23. The summed E-state index contributed by atoms with van der Waals surface area (Å²) >= 11 is 5.64. The van der Waals surface area contributed by atoms with Crippen LogP contribution in [-0.4, -0.2) is 33.8 Å². The fourth-order valence-corrected chi connectivity index (χ4v) is 8.13. The number of hydrogen-bond donors (Lipinski definition) is 1. The third-order valence-electron chi connectivity index (χ3n) is 5.74. The second-order valence-corrected chi connectivity index (χ2v) is 11.9. The van der Waals surface area contributed by atoms with Gasteiger partial charge >= 0.3 is 5.97 Å². The first-order valence-electron chi connectivity index (χ1n) is 11.4. The summed E-state index contributed by atoms with van der Waals surface area (Å²) < 4.78 is 6.80. The number of hydrogen-bond acceptors (Lipinski definition) is 9. The smallest absolute Gasteiger partial charge is 0.341 e. The van der Waals surface area contributed by atoms with E-state index in [9.17, 15) is 14.4 Å². The number of allylic oxidation sites excluding steroid dienone is 1. The molecule has 7 nitrogen and oxygen atoms in total. The number of carbonyl (C=O) groups excluding carboxylic acids is 2. The predicted octanol–water partition coefficient (Wildman–Crippen LogP) is 5.83. The van der Waals surface area contributed by atoms with Gasteiger partial charge in [0.15, 0.2) is 5.16 Å². The van der Waals surface area contributed by atoms with Crippen LogP contribution >= 0.6 is 45.8 Å². The fourth-order valence-electron chi connectivity index (χ4n) is 4.22. The van der Waals surface area contributed by atoms with Crippen molar-refractivity contribution in [3.05, 3.63) is 61.9 Å². The first kappa shape index (κ1) is 24.9. The minimum Gasteiger partial charge on any atom is -0.462 e. The first-order chi connectivity index (χ1) is 17.5. The van der Waals surface area contributed by atoms with Gasteiger partial charge in [-0.1, -0.05) is 23.9 Å². The molecule has 5 rings (SSSR count). The van der Waals surface area contributed by atoms with Crippen LogP contribution in [0.15, 0.2) is 45.5 Å². The summed E-state index contributed by atoms with van der Waals surface area (Å²) in [7, 11) is 0. The SMILES string of the molecule is C=CCn1c(SCC(=O)Nc2sc3c(c2C(=O)OCC)CCC3)nc2scc(-c3cccs3)c2c1=O. The van der Waals surface area contributed by atoms with Crippen LogP contribution in [0.3, 0.4) is 0 Å². The minimum absolute atomic E-state index is 0.0447. The van der Waals surface area contributed by atoms with E-state index in [4.69, 9.17) is 9.72 Å². The highest BCUT2D eigenvalue weighted by atomic mass is 32.2. The number of thioether (sulfide) groups is 1. The maximum atomic E-state index is 13.4. The van der Waals surface area contributed by atoms with E-state index in [1.165, 1.54) is 34.4 Å². The van der Waals surface area contributed by atoms with Crippen molar-refractivity contribution < 1.29 is 14.3 Å². The Bertz CT molecular complexity index is 1510. The van der Waals surface area contributed by atoms with Gasteiger partial charge in [0, 0.05) is 27.2 Å². The molecule has 186 valence electrons. The molecule has 0 bridgehead atoms. The summed E-state index contributed by atoms with van der Waals surface area (Å²) in [5.74, 6) is -0.621. The molecule has 0 aromatic carbocycles. The van der Waals surface area contributed by atoms with E-state index in [0.717, 1.165) is 40.1 Å². The third kappa shape index (κ3) is 4.68. The quantitative estimate of drug-likeness (QED) is 0.121. The van der Waals surface area contributed by atoms with E-state index < -0.39 is 5.97 Å². The Balaban J connectivity index is 1.39. The summed E-state index contributed by atoms with van der Waals surface area (Å²) in [6.07, 6.45) is 4.37. The van der Waals surface area contributed by atoms with Crippen LogP contribution < -0.4 is 10.9 Å².